The largest absolute Gasteiger partial charge is 0.356 e. The Kier molecular flexibility index (Phi) is 5.46. The van der Waals surface area contributed by atoms with Crippen LogP contribution in [-0.4, -0.2) is 35.7 Å². The van der Waals surface area contributed by atoms with Gasteiger partial charge in [-0.1, -0.05) is 31.0 Å². The topological polar surface area (TPSA) is 66.5 Å². The number of hydrogen-bond donors (Lipinski definition) is 1. The molecule has 2 aliphatic rings. The summed E-state index contributed by atoms with van der Waals surface area (Å²) in [5, 5.41) is 2.72. The fourth-order valence-electron chi connectivity index (χ4n) is 3.79. The minimum atomic E-state index is -0.285. The minimum absolute atomic E-state index is 0.0915. The number of hydrogen-bond acceptors (Lipinski definition) is 3. The van der Waals surface area contributed by atoms with Crippen LogP contribution in [0.3, 0.4) is 0 Å². The molecule has 0 aromatic heterocycles. The Labute approximate surface area is 146 Å². The van der Waals surface area contributed by atoms with Crippen LogP contribution in [0.2, 0.25) is 0 Å². The molecule has 0 bridgehead atoms. The summed E-state index contributed by atoms with van der Waals surface area (Å²) in [6.45, 7) is 0.461. The van der Waals surface area contributed by atoms with Crippen LogP contribution < -0.4 is 5.32 Å². The molecule has 6 heteroatoms. The number of nitrogens with one attached hydrogen (secondary N) is 1. The van der Waals surface area contributed by atoms with Crippen molar-refractivity contribution in [3.63, 3.8) is 0 Å². The third kappa shape index (κ3) is 3.89. The second-order valence-corrected chi connectivity index (χ2v) is 6.77. The van der Waals surface area contributed by atoms with Crippen molar-refractivity contribution in [2.24, 2.45) is 11.8 Å². The summed E-state index contributed by atoms with van der Waals surface area (Å²) in [4.78, 5) is 37.9. The molecule has 5 nitrogen and oxygen atoms in total. The average Bonchev–Trinajstić information content (AvgIpc) is 2.86. The molecule has 1 aromatic carbocycles. The Morgan fingerprint density at radius 2 is 1.76 bits per heavy atom. The molecule has 1 heterocycles. The fourth-order valence-corrected chi connectivity index (χ4v) is 3.79. The lowest BCUT2D eigenvalue weighted by Gasteiger charge is -2.19. The molecule has 2 fully saturated rings. The summed E-state index contributed by atoms with van der Waals surface area (Å²) in [5.41, 5.74) is 0.553. The number of likely N-dealkylation sites (tertiary alicyclic amines) is 1. The Balaban J connectivity index is 1.44. The van der Waals surface area contributed by atoms with Crippen molar-refractivity contribution in [2.75, 3.05) is 13.1 Å². The zero-order valence-electron chi connectivity index (χ0n) is 14.2. The van der Waals surface area contributed by atoms with Crippen molar-refractivity contribution in [1.29, 1.82) is 0 Å². The first-order valence-corrected chi connectivity index (χ1v) is 8.93. The molecule has 2 atom stereocenters. The van der Waals surface area contributed by atoms with Crippen LogP contribution in [0.1, 0.15) is 37.7 Å². The predicted octanol–water partition coefficient (Wildman–Crippen LogP) is 2.05. The van der Waals surface area contributed by atoms with E-state index >= 15 is 0 Å². The summed E-state index contributed by atoms with van der Waals surface area (Å²) in [5.74, 6) is -1.10. The van der Waals surface area contributed by atoms with Gasteiger partial charge in [-0.15, -0.1) is 0 Å². The first kappa shape index (κ1) is 17.6. The number of fused-ring (bicyclic) bond motifs is 1. The van der Waals surface area contributed by atoms with Crippen LogP contribution in [0.15, 0.2) is 24.3 Å². The van der Waals surface area contributed by atoms with E-state index in [4.69, 9.17) is 0 Å². The number of halogens is 1. The molecule has 0 spiro atoms. The van der Waals surface area contributed by atoms with Gasteiger partial charge in [-0.05, 0) is 30.9 Å². The molecule has 1 aromatic rings. The first-order chi connectivity index (χ1) is 12.1. The van der Waals surface area contributed by atoms with E-state index < -0.39 is 0 Å². The Morgan fingerprint density at radius 1 is 1.12 bits per heavy atom. The van der Waals surface area contributed by atoms with E-state index in [0.29, 0.717) is 18.5 Å². The fraction of sp³-hybridized carbons (Fsp3) is 0.526. The van der Waals surface area contributed by atoms with E-state index in [-0.39, 0.29) is 48.3 Å². The van der Waals surface area contributed by atoms with Crippen LogP contribution in [0.4, 0.5) is 4.39 Å². The van der Waals surface area contributed by atoms with Crippen molar-refractivity contribution in [3.05, 3.63) is 35.6 Å². The maximum atomic E-state index is 13.5. The van der Waals surface area contributed by atoms with Crippen LogP contribution in [-0.2, 0) is 20.8 Å². The van der Waals surface area contributed by atoms with Gasteiger partial charge in [0.2, 0.25) is 17.7 Å². The van der Waals surface area contributed by atoms with E-state index in [1.165, 1.54) is 11.0 Å². The van der Waals surface area contributed by atoms with Gasteiger partial charge in [0.15, 0.2) is 0 Å². The normalized spacial score (nSPS) is 22.8. The third-order valence-electron chi connectivity index (χ3n) is 5.17. The van der Waals surface area contributed by atoms with Gasteiger partial charge in [0.1, 0.15) is 5.82 Å². The molecule has 2 unspecified atom stereocenters. The molecular weight excluding hydrogens is 323 g/mol. The summed E-state index contributed by atoms with van der Waals surface area (Å²) in [6, 6.07) is 6.45. The average molecular weight is 346 g/mol. The van der Waals surface area contributed by atoms with Gasteiger partial charge in [-0.2, -0.15) is 0 Å². The maximum Gasteiger partial charge on any atom is 0.233 e. The van der Waals surface area contributed by atoms with E-state index in [0.717, 1.165) is 25.7 Å². The third-order valence-corrected chi connectivity index (χ3v) is 5.17. The number of carbonyl (C=O) groups excluding carboxylic acids is 3. The van der Waals surface area contributed by atoms with Gasteiger partial charge < -0.3 is 5.32 Å². The summed E-state index contributed by atoms with van der Waals surface area (Å²) < 4.78 is 13.5. The lowest BCUT2D eigenvalue weighted by molar-refractivity contribution is -0.140. The van der Waals surface area contributed by atoms with E-state index in [1.807, 2.05) is 0 Å². The molecule has 1 saturated heterocycles. The number of carbonyl (C=O) groups is 3. The Morgan fingerprint density at radius 3 is 2.40 bits per heavy atom. The van der Waals surface area contributed by atoms with Crippen LogP contribution in [0.25, 0.3) is 0 Å². The van der Waals surface area contributed by atoms with Crippen LogP contribution in [0, 0.1) is 17.7 Å². The SMILES string of the molecule is O=C(CCN1C(=O)C2CCCCC2C1=O)NCCc1ccccc1F. The van der Waals surface area contributed by atoms with Crippen molar-refractivity contribution >= 4 is 17.7 Å². The second-order valence-electron chi connectivity index (χ2n) is 6.77. The van der Waals surface area contributed by atoms with Gasteiger partial charge in [-0.3, -0.25) is 19.3 Å². The first-order valence-electron chi connectivity index (χ1n) is 8.93. The van der Waals surface area contributed by atoms with Gasteiger partial charge >= 0.3 is 0 Å². The minimum Gasteiger partial charge on any atom is -0.356 e. The number of imide groups is 1. The molecule has 1 aliphatic carbocycles. The molecule has 25 heavy (non-hydrogen) atoms. The number of nitrogens with zero attached hydrogens (tertiary/aromatic N) is 1. The van der Waals surface area contributed by atoms with E-state index in [2.05, 4.69) is 5.32 Å². The number of benzene rings is 1. The van der Waals surface area contributed by atoms with Gasteiger partial charge in [-0.25, -0.2) is 4.39 Å². The quantitative estimate of drug-likeness (QED) is 0.802. The highest BCUT2D eigenvalue weighted by Crippen LogP contribution is 2.37. The zero-order chi connectivity index (χ0) is 17.8. The lowest BCUT2D eigenvalue weighted by atomic mass is 9.81. The molecule has 134 valence electrons. The zero-order valence-corrected chi connectivity index (χ0v) is 14.2. The van der Waals surface area contributed by atoms with Crippen molar-refractivity contribution in [2.45, 2.75) is 38.5 Å². The van der Waals surface area contributed by atoms with E-state index in [1.54, 1.807) is 18.2 Å². The van der Waals surface area contributed by atoms with Crippen molar-refractivity contribution in [1.82, 2.24) is 10.2 Å². The monoisotopic (exact) mass is 346 g/mol. The number of rotatable bonds is 6. The Hall–Kier alpha value is -2.24. The molecule has 3 amide bonds. The molecule has 1 aliphatic heterocycles. The van der Waals surface area contributed by atoms with Gasteiger partial charge in [0, 0.05) is 19.5 Å². The van der Waals surface area contributed by atoms with Crippen LogP contribution >= 0.6 is 0 Å². The standard InChI is InChI=1S/C19H23FN2O3/c20-16-8-4-1-5-13(16)9-11-21-17(23)10-12-22-18(24)14-6-2-3-7-15(14)19(22)25/h1,4-5,8,14-15H,2-3,6-7,9-12H2,(H,21,23). The predicted molar refractivity (Wildman–Crippen MR) is 89.9 cm³/mol. The van der Waals surface area contributed by atoms with E-state index in [9.17, 15) is 18.8 Å². The molecular formula is C19H23FN2O3. The highest BCUT2D eigenvalue weighted by molar-refractivity contribution is 6.05. The lowest BCUT2D eigenvalue weighted by Crippen LogP contribution is -2.36. The maximum absolute atomic E-state index is 13.5. The Bertz CT molecular complexity index is 652. The van der Waals surface area contributed by atoms with Crippen LogP contribution in [0.5, 0.6) is 0 Å². The van der Waals surface area contributed by atoms with Gasteiger partial charge in [0.25, 0.3) is 0 Å². The summed E-state index contributed by atoms with van der Waals surface area (Å²) in [6.07, 6.45) is 4.04. The smallest absolute Gasteiger partial charge is 0.233 e. The van der Waals surface area contributed by atoms with Crippen molar-refractivity contribution in [3.8, 4) is 0 Å². The van der Waals surface area contributed by atoms with Crippen molar-refractivity contribution < 1.29 is 18.8 Å². The highest BCUT2D eigenvalue weighted by atomic mass is 19.1. The highest BCUT2D eigenvalue weighted by Gasteiger charge is 2.47. The van der Waals surface area contributed by atoms with Gasteiger partial charge in [0.05, 0.1) is 11.8 Å². The molecule has 0 radical (unpaired) electrons. The summed E-state index contributed by atoms with van der Waals surface area (Å²) in [7, 11) is 0. The number of amides is 3. The molecule has 1 saturated carbocycles. The summed E-state index contributed by atoms with van der Waals surface area (Å²) >= 11 is 0. The molecule has 3 rings (SSSR count). The second kappa shape index (κ2) is 7.76. The molecule has 1 N–H and O–H groups in total.